The summed E-state index contributed by atoms with van der Waals surface area (Å²) in [5.74, 6) is -0.846. The molecule has 4 N–H and O–H groups in total. The molecule has 2 aliphatic rings. The molecule has 1 aromatic carbocycles. The Morgan fingerprint density at radius 3 is 2.73 bits per heavy atom. The molecule has 1 saturated heterocycles. The Morgan fingerprint density at radius 1 is 1.21 bits per heavy atom. The number of H-pyrrole nitrogens is 1. The maximum Gasteiger partial charge on any atom is 0.268 e. The number of nitrogens with one attached hydrogen (secondary N) is 4. The Labute approximate surface area is 191 Å². The number of aromatic nitrogens is 1. The van der Waals surface area contributed by atoms with Crippen molar-refractivity contribution >= 4 is 34.3 Å². The van der Waals surface area contributed by atoms with Gasteiger partial charge in [-0.25, -0.2) is 4.85 Å². The second kappa shape index (κ2) is 9.74. The van der Waals surface area contributed by atoms with Gasteiger partial charge in [0.05, 0.1) is 12.6 Å². The van der Waals surface area contributed by atoms with E-state index in [4.69, 9.17) is 6.57 Å². The lowest BCUT2D eigenvalue weighted by molar-refractivity contribution is -0.128. The number of hydrogen-bond donors (Lipinski definition) is 4. The van der Waals surface area contributed by atoms with Crippen molar-refractivity contribution in [1.29, 1.82) is 5.26 Å². The summed E-state index contributed by atoms with van der Waals surface area (Å²) in [6, 6.07) is 7.28. The standard InChI is InChI=1S/C24H26N6O3/c1-26-17-6-7-19-16(11-17)12-21(29-19)24(33)30-20(9-14-4-5-14)23(32)28-18(13-25)10-15-3-2-8-27-22(15)31/h6-7,11-12,14-15,18,20,29H,2-5,8-10H2,(H,27,31)(H,28,32)(H,30,33). The fourth-order valence-electron chi connectivity index (χ4n) is 4.23. The number of nitriles is 1. The Hall–Kier alpha value is -3.85. The van der Waals surface area contributed by atoms with Crippen LogP contribution < -0.4 is 16.0 Å². The van der Waals surface area contributed by atoms with Gasteiger partial charge in [-0.3, -0.25) is 14.4 Å². The third kappa shape index (κ3) is 5.50. The molecule has 2 fully saturated rings. The summed E-state index contributed by atoms with van der Waals surface area (Å²) in [5.41, 5.74) is 1.51. The summed E-state index contributed by atoms with van der Waals surface area (Å²) in [4.78, 5) is 44.4. The zero-order valence-electron chi connectivity index (χ0n) is 18.2. The third-order valence-electron chi connectivity index (χ3n) is 6.26. The van der Waals surface area contributed by atoms with E-state index >= 15 is 0 Å². The summed E-state index contributed by atoms with van der Waals surface area (Å²) in [7, 11) is 0. The summed E-state index contributed by atoms with van der Waals surface area (Å²) in [6.07, 6.45) is 4.32. The second-order valence-electron chi connectivity index (χ2n) is 8.83. The van der Waals surface area contributed by atoms with Crippen molar-refractivity contribution < 1.29 is 14.4 Å². The van der Waals surface area contributed by atoms with E-state index in [1.54, 1.807) is 24.3 Å². The SMILES string of the molecule is [C-]#[N+]c1ccc2[nH]c(C(=O)NC(CC3CC3)C(=O)NC(C#N)CC3CCCNC3=O)cc2c1. The van der Waals surface area contributed by atoms with Crippen LogP contribution in [-0.2, 0) is 9.59 Å². The summed E-state index contributed by atoms with van der Waals surface area (Å²) in [5, 5.41) is 18.6. The molecule has 33 heavy (non-hydrogen) atoms. The van der Waals surface area contributed by atoms with Gasteiger partial charge in [0, 0.05) is 18.0 Å². The molecule has 3 amide bonds. The molecule has 3 unspecified atom stereocenters. The van der Waals surface area contributed by atoms with E-state index in [9.17, 15) is 19.6 Å². The minimum atomic E-state index is -0.801. The first kappa shape index (κ1) is 22.3. The van der Waals surface area contributed by atoms with Gasteiger partial charge in [0.2, 0.25) is 11.8 Å². The monoisotopic (exact) mass is 446 g/mol. The third-order valence-corrected chi connectivity index (χ3v) is 6.26. The summed E-state index contributed by atoms with van der Waals surface area (Å²) in [6.45, 7) is 7.77. The van der Waals surface area contributed by atoms with Crippen LogP contribution in [0.5, 0.6) is 0 Å². The molecule has 1 aliphatic heterocycles. The number of rotatable bonds is 8. The van der Waals surface area contributed by atoms with Gasteiger partial charge in [-0.05, 0) is 55.2 Å². The van der Waals surface area contributed by atoms with Gasteiger partial charge >= 0.3 is 0 Å². The molecule has 170 valence electrons. The molecule has 1 aliphatic carbocycles. The lowest BCUT2D eigenvalue weighted by Crippen LogP contribution is -2.50. The zero-order chi connectivity index (χ0) is 23.4. The predicted molar refractivity (Wildman–Crippen MR) is 121 cm³/mol. The normalized spacial score (nSPS) is 19.6. The van der Waals surface area contributed by atoms with E-state index < -0.39 is 23.9 Å². The van der Waals surface area contributed by atoms with Crippen LogP contribution in [0.2, 0.25) is 0 Å². The molecule has 1 aromatic heterocycles. The van der Waals surface area contributed by atoms with Crippen LogP contribution in [0.3, 0.4) is 0 Å². The number of fused-ring (bicyclic) bond motifs is 1. The summed E-state index contributed by atoms with van der Waals surface area (Å²) >= 11 is 0. The molecular formula is C24H26N6O3. The van der Waals surface area contributed by atoms with E-state index in [2.05, 4.69) is 31.8 Å². The molecular weight excluding hydrogens is 420 g/mol. The lowest BCUT2D eigenvalue weighted by Gasteiger charge is -2.25. The van der Waals surface area contributed by atoms with Gasteiger partial charge in [-0.2, -0.15) is 5.26 Å². The molecule has 3 atom stereocenters. The van der Waals surface area contributed by atoms with Gasteiger partial charge < -0.3 is 20.9 Å². The minimum Gasteiger partial charge on any atom is -0.356 e. The summed E-state index contributed by atoms with van der Waals surface area (Å²) < 4.78 is 0. The maximum atomic E-state index is 13.0. The molecule has 2 aromatic rings. The first-order valence-electron chi connectivity index (χ1n) is 11.3. The Kier molecular flexibility index (Phi) is 6.60. The highest BCUT2D eigenvalue weighted by molar-refractivity contribution is 6.00. The lowest BCUT2D eigenvalue weighted by atomic mass is 9.92. The number of nitrogens with zero attached hydrogens (tertiary/aromatic N) is 2. The molecule has 9 heteroatoms. The van der Waals surface area contributed by atoms with E-state index in [0.717, 1.165) is 30.2 Å². The molecule has 9 nitrogen and oxygen atoms in total. The van der Waals surface area contributed by atoms with Crippen LogP contribution in [-0.4, -0.2) is 41.3 Å². The van der Waals surface area contributed by atoms with E-state index in [1.807, 2.05) is 0 Å². The van der Waals surface area contributed by atoms with Crippen molar-refractivity contribution in [3.05, 3.63) is 41.4 Å². The largest absolute Gasteiger partial charge is 0.356 e. The first-order valence-corrected chi connectivity index (χ1v) is 11.3. The van der Waals surface area contributed by atoms with Crippen LogP contribution in [0.15, 0.2) is 24.3 Å². The van der Waals surface area contributed by atoms with Crippen molar-refractivity contribution in [2.45, 2.75) is 50.6 Å². The fraction of sp³-hybridized carbons (Fsp3) is 0.458. The van der Waals surface area contributed by atoms with Gasteiger partial charge in [-0.15, -0.1) is 0 Å². The average Bonchev–Trinajstić information content (AvgIpc) is 3.53. The van der Waals surface area contributed by atoms with Crippen molar-refractivity contribution in [3.8, 4) is 6.07 Å². The van der Waals surface area contributed by atoms with E-state index in [0.29, 0.717) is 36.7 Å². The van der Waals surface area contributed by atoms with Crippen LogP contribution in [0.1, 0.15) is 49.0 Å². The number of piperidine rings is 1. The van der Waals surface area contributed by atoms with Crippen LogP contribution in [0.4, 0.5) is 5.69 Å². The minimum absolute atomic E-state index is 0.0845. The zero-order valence-corrected chi connectivity index (χ0v) is 18.2. The fourth-order valence-corrected chi connectivity index (χ4v) is 4.23. The van der Waals surface area contributed by atoms with Gasteiger partial charge in [0.15, 0.2) is 5.69 Å². The van der Waals surface area contributed by atoms with Gasteiger partial charge in [0.1, 0.15) is 17.8 Å². The number of amides is 3. The Morgan fingerprint density at radius 2 is 2.03 bits per heavy atom. The predicted octanol–water partition coefficient (Wildman–Crippen LogP) is 2.54. The molecule has 1 saturated carbocycles. The number of carbonyl (C=O) groups is 3. The molecule has 2 heterocycles. The first-order chi connectivity index (χ1) is 16.0. The van der Waals surface area contributed by atoms with Gasteiger partial charge in [0.25, 0.3) is 5.91 Å². The second-order valence-corrected chi connectivity index (χ2v) is 8.83. The van der Waals surface area contributed by atoms with Crippen molar-refractivity contribution in [1.82, 2.24) is 20.9 Å². The number of benzene rings is 1. The molecule has 0 spiro atoms. The van der Waals surface area contributed by atoms with Crippen LogP contribution >= 0.6 is 0 Å². The highest BCUT2D eigenvalue weighted by Crippen LogP contribution is 2.33. The topological polar surface area (TPSA) is 131 Å². The molecule has 0 bridgehead atoms. The number of aromatic amines is 1. The molecule has 0 radical (unpaired) electrons. The smallest absolute Gasteiger partial charge is 0.268 e. The number of hydrogen-bond acceptors (Lipinski definition) is 4. The van der Waals surface area contributed by atoms with Crippen LogP contribution in [0, 0.1) is 29.7 Å². The van der Waals surface area contributed by atoms with Gasteiger partial charge in [-0.1, -0.05) is 18.9 Å². The van der Waals surface area contributed by atoms with Crippen molar-refractivity contribution in [2.24, 2.45) is 11.8 Å². The van der Waals surface area contributed by atoms with E-state index in [-0.39, 0.29) is 18.2 Å². The highest BCUT2D eigenvalue weighted by Gasteiger charge is 2.33. The van der Waals surface area contributed by atoms with Crippen LogP contribution in [0.25, 0.3) is 15.7 Å². The van der Waals surface area contributed by atoms with E-state index in [1.165, 1.54) is 0 Å². The number of carbonyl (C=O) groups excluding carboxylic acids is 3. The Bertz CT molecular complexity index is 1150. The van der Waals surface area contributed by atoms with Crippen molar-refractivity contribution in [2.75, 3.05) is 6.54 Å². The highest BCUT2D eigenvalue weighted by atomic mass is 16.2. The molecule has 4 rings (SSSR count). The van der Waals surface area contributed by atoms with Crippen molar-refractivity contribution in [3.63, 3.8) is 0 Å². The average molecular weight is 447 g/mol. The Balaban J connectivity index is 1.43. The quantitative estimate of drug-likeness (QED) is 0.464. The maximum absolute atomic E-state index is 13.0.